The van der Waals surface area contributed by atoms with Crippen molar-refractivity contribution < 1.29 is 9.21 Å². The summed E-state index contributed by atoms with van der Waals surface area (Å²) in [5, 5.41) is 13.5. The van der Waals surface area contributed by atoms with Gasteiger partial charge < -0.3 is 4.42 Å². The highest BCUT2D eigenvalue weighted by Crippen LogP contribution is 2.31. The number of furan rings is 1. The molecular formula is C19H14ClN3O2S. The first-order valence-corrected chi connectivity index (χ1v) is 9.16. The molecule has 0 aliphatic rings. The fourth-order valence-electron chi connectivity index (χ4n) is 2.73. The SMILES string of the molecule is Cc1c(C(=O)Nc2nnc(Cc3ccccc3)s2)oc2c(Cl)cccc12. The Morgan fingerprint density at radius 1 is 1.15 bits per heavy atom. The summed E-state index contributed by atoms with van der Waals surface area (Å²) in [6, 6.07) is 15.4. The second kappa shape index (κ2) is 6.90. The number of benzene rings is 2. The third-order valence-electron chi connectivity index (χ3n) is 4.01. The van der Waals surface area contributed by atoms with E-state index in [0.29, 0.717) is 22.2 Å². The number of carbonyl (C=O) groups is 1. The zero-order chi connectivity index (χ0) is 18.1. The van der Waals surface area contributed by atoms with Gasteiger partial charge in [0.25, 0.3) is 5.91 Å². The molecule has 2 heterocycles. The Kier molecular flexibility index (Phi) is 4.44. The van der Waals surface area contributed by atoms with E-state index in [0.717, 1.165) is 21.5 Å². The number of hydrogen-bond donors (Lipinski definition) is 1. The number of carbonyl (C=O) groups excluding carboxylic acids is 1. The largest absolute Gasteiger partial charge is 0.449 e. The quantitative estimate of drug-likeness (QED) is 0.533. The van der Waals surface area contributed by atoms with E-state index in [4.69, 9.17) is 16.0 Å². The molecule has 0 bridgehead atoms. The minimum atomic E-state index is -0.364. The van der Waals surface area contributed by atoms with Crippen LogP contribution in [0, 0.1) is 6.92 Å². The van der Waals surface area contributed by atoms with E-state index in [-0.39, 0.29) is 11.7 Å². The van der Waals surface area contributed by atoms with Gasteiger partial charge in [-0.15, -0.1) is 10.2 Å². The third-order valence-corrected chi connectivity index (χ3v) is 5.14. The molecule has 0 aliphatic heterocycles. The van der Waals surface area contributed by atoms with Crippen molar-refractivity contribution in [2.45, 2.75) is 13.3 Å². The van der Waals surface area contributed by atoms with Gasteiger partial charge in [-0.25, -0.2) is 0 Å². The molecular weight excluding hydrogens is 370 g/mol. The molecule has 2 aromatic heterocycles. The van der Waals surface area contributed by atoms with Crippen molar-refractivity contribution in [2.75, 3.05) is 5.32 Å². The van der Waals surface area contributed by atoms with Crippen LogP contribution in [0.4, 0.5) is 5.13 Å². The van der Waals surface area contributed by atoms with Crippen LogP contribution < -0.4 is 5.32 Å². The van der Waals surface area contributed by atoms with Crippen molar-refractivity contribution in [1.82, 2.24) is 10.2 Å². The molecule has 0 radical (unpaired) electrons. The number of fused-ring (bicyclic) bond motifs is 1. The molecule has 130 valence electrons. The van der Waals surface area contributed by atoms with Crippen molar-refractivity contribution in [1.29, 1.82) is 0 Å². The molecule has 26 heavy (non-hydrogen) atoms. The molecule has 5 nitrogen and oxygen atoms in total. The van der Waals surface area contributed by atoms with Gasteiger partial charge in [-0.3, -0.25) is 10.1 Å². The van der Waals surface area contributed by atoms with Gasteiger partial charge in [0.2, 0.25) is 5.13 Å². The Balaban J connectivity index is 1.54. The van der Waals surface area contributed by atoms with Crippen LogP contribution in [0.2, 0.25) is 5.02 Å². The van der Waals surface area contributed by atoms with Gasteiger partial charge in [-0.1, -0.05) is 65.4 Å². The minimum Gasteiger partial charge on any atom is -0.449 e. The van der Waals surface area contributed by atoms with Crippen molar-refractivity contribution >= 4 is 44.9 Å². The monoisotopic (exact) mass is 383 g/mol. The van der Waals surface area contributed by atoms with Crippen LogP contribution in [0.1, 0.15) is 26.7 Å². The van der Waals surface area contributed by atoms with Crippen LogP contribution in [0.25, 0.3) is 11.0 Å². The number of aryl methyl sites for hydroxylation is 1. The van der Waals surface area contributed by atoms with Gasteiger partial charge >= 0.3 is 0 Å². The van der Waals surface area contributed by atoms with Crippen LogP contribution in [-0.4, -0.2) is 16.1 Å². The van der Waals surface area contributed by atoms with E-state index in [9.17, 15) is 4.79 Å². The van der Waals surface area contributed by atoms with Crippen molar-refractivity contribution in [2.24, 2.45) is 0 Å². The van der Waals surface area contributed by atoms with Crippen LogP contribution in [-0.2, 0) is 6.42 Å². The van der Waals surface area contributed by atoms with E-state index >= 15 is 0 Å². The third kappa shape index (κ3) is 3.21. The number of amides is 1. The minimum absolute atomic E-state index is 0.230. The predicted octanol–water partition coefficient (Wildman–Crippen LogP) is 5.09. The van der Waals surface area contributed by atoms with E-state index in [1.165, 1.54) is 11.3 Å². The first-order chi connectivity index (χ1) is 12.6. The zero-order valence-electron chi connectivity index (χ0n) is 13.8. The van der Waals surface area contributed by atoms with Gasteiger partial charge in [0, 0.05) is 17.4 Å². The molecule has 0 saturated heterocycles. The molecule has 4 aromatic rings. The van der Waals surface area contributed by atoms with Gasteiger partial charge in [0.15, 0.2) is 11.3 Å². The summed E-state index contributed by atoms with van der Waals surface area (Å²) in [6.45, 7) is 1.83. The summed E-state index contributed by atoms with van der Waals surface area (Å²) in [7, 11) is 0. The highest BCUT2D eigenvalue weighted by molar-refractivity contribution is 7.15. The fourth-order valence-corrected chi connectivity index (χ4v) is 3.71. The maximum atomic E-state index is 12.6. The Morgan fingerprint density at radius 2 is 1.96 bits per heavy atom. The van der Waals surface area contributed by atoms with Crippen LogP contribution >= 0.6 is 22.9 Å². The summed E-state index contributed by atoms with van der Waals surface area (Å²) in [4.78, 5) is 12.6. The highest BCUT2D eigenvalue weighted by Gasteiger charge is 2.20. The fraction of sp³-hybridized carbons (Fsp3) is 0.105. The lowest BCUT2D eigenvalue weighted by Crippen LogP contribution is -2.11. The van der Waals surface area contributed by atoms with E-state index in [1.807, 2.05) is 49.4 Å². The van der Waals surface area contributed by atoms with Crippen LogP contribution in [0.5, 0.6) is 0 Å². The van der Waals surface area contributed by atoms with Gasteiger partial charge in [-0.2, -0.15) is 0 Å². The maximum absolute atomic E-state index is 12.6. The Bertz CT molecular complexity index is 1090. The number of aromatic nitrogens is 2. The zero-order valence-corrected chi connectivity index (χ0v) is 15.4. The smallest absolute Gasteiger partial charge is 0.293 e. The molecule has 4 rings (SSSR count). The maximum Gasteiger partial charge on any atom is 0.293 e. The number of anilines is 1. The number of hydrogen-bond acceptors (Lipinski definition) is 5. The second-order valence-electron chi connectivity index (χ2n) is 5.79. The topological polar surface area (TPSA) is 68.0 Å². The van der Waals surface area contributed by atoms with Gasteiger partial charge in [-0.05, 0) is 18.6 Å². The molecule has 0 unspecified atom stereocenters. The molecule has 0 aliphatic carbocycles. The average Bonchev–Trinajstić information content (AvgIpc) is 3.21. The summed E-state index contributed by atoms with van der Waals surface area (Å²) >= 11 is 7.49. The first-order valence-electron chi connectivity index (χ1n) is 7.97. The molecule has 0 atom stereocenters. The molecule has 0 fully saturated rings. The average molecular weight is 384 g/mol. The molecule has 0 saturated carbocycles. The molecule has 1 N–H and O–H groups in total. The number of nitrogens with one attached hydrogen (secondary N) is 1. The number of halogens is 1. The van der Waals surface area contributed by atoms with Crippen LogP contribution in [0.15, 0.2) is 52.9 Å². The summed E-state index contributed by atoms with van der Waals surface area (Å²) < 4.78 is 5.68. The number of rotatable bonds is 4. The summed E-state index contributed by atoms with van der Waals surface area (Å²) in [5.41, 5.74) is 2.40. The van der Waals surface area contributed by atoms with Crippen molar-refractivity contribution in [3.63, 3.8) is 0 Å². The molecule has 7 heteroatoms. The van der Waals surface area contributed by atoms with Crippen molar-refractivity contribution in [3.05, 3.63) is 75.4 Å². The standard InChI is InChI=1S/C19H14ClN3O2S/c1-11-13-8-5-9-14(20)17(13)25-16(11)18(24)21-19-23-22-15(26-19)10-12-6-3-2-4-7-12/h2-9H,10H2,1H3,(H,21,23,24). The molecule has 0 spiro atoms. The lowest BCUT2D eigenvalue weighted by atomic mass is 10.1. The molecule has 1 amide bonds. The predicted molar refractivity (Wildman–Crippen MR) is 103 cm³/mol. The van der Waals surface area contributed by atoms with E-state index < -0.39 is 0 Å². The Morgan fingerprint density at radius 3 is 2.73 bits per heavy atom. The Labute approximate surface area is 158 Å². The summed E-state index contributed by atoms with van der Waals surface area (Å²) in [5.74, 6) is -0.134. The van der Waals surface area contributed by atoms with Gasteiger partial charge in [0.1, 0.15) is 5.01 Å². The lowest BCUT2D eigenvalue weighted by molar-refractivity contribution is 0.0998. The highest BCUT2D eigenvalue weighted by atomic mass is 35.5. The lowest BCUT2D eigenvalue weighted by Gasteiger charge is -1.98. The van der Waals surface area contributed by atoms with Gasteiger partial charge in [0.05, 0.1) is 5.02 Å². The normalized spacial score (nSPS) is 11.0. The first kappa shape index (κ1) is 16.8. The Hall–Kier alpha value is -2.70. The van der Waals surface area contributed by atoms with Crippen LogP contribution in [0.3, 0.4) is 0 Å². The van der Waals surface area contributed by atoms with E-state index in [1.54, 1.807) is 6.07 Å². The van der Waals surface area contributed by atoms with Crippen molar-refractivity contribution in [3.8, 4) is 0 Å². The number of nitrogens with zero attached hydrogens (tertiary/aromatic N) is 2. The van der Waals surface area contributed by atoms with E-state index in [2.05, 4.69) is 15.5 Å². The second-order valence-corrected chi connectivity index (χ2v) is 7.26. The molecule has 2 aromatic carbocycles. The number of para-hydroxylation sites is 1. The summed E-state index contributed by atoms with van der Waals surface area (Å²) in [6.07, 6.45) is 0.674.